The van der Waals surface area contributed by atoms with Crippen LogP contribution >= 0.6 is 15.9 Å². The molecule has 0 heterocycles. The minimum absolute atomic E-state index is 0.0713. The van der Waals surface area contributed by atoms with E-state index in [0.717, 1.165) is 16.8 Å². The first-order valence-corrected chi connectivity index (χ1v) is 6.78. The summed E-state index contributed by atoms with van der Waals surface area (Å²) in [4.78, 5) is 0. The molecular weight excluding hydrogens is 309 g/mol. The number of aromatic hydroxyl groups is 1. The van der Waals surface area contributed by atoms with Gasteiger partial charge in [0.1, 0.15) is 11.6 Å². The summed E-state index contributed by atoms with van der Waals surface area (Å²) in [6.07, 6.45) is 0. The van der Waals surface area contributed by atoms with E-state index in [-0.39, 0.29) is 17.6 Å². The molecule has 0 aliphatic rings. The first-order chi connectivity index (χ1) is 8.97. The van der Waals surface area contributed by atoms with Crippen LogP contribution in [0.1, 0.15) is 24.1 Å². The van der Waals surface area contributed by atoms with E-state index in [1.54, 1.807) is 18.2 Å². The van der Waals surface area contributed by atoms with Crippen molar-refractivity contribution in [3.05, 3.63) is 57.8 Å². The van der Waals surface area contributed by atoms with Gasteiger partial charge in [-0.2, -0.15) is 0 Å². The van der Waals surface area contributed by atoms with Crippen LogP contribution in [0.3, 0.4) is 0 Å². The summed E-state index contributed by atoms with van der Waals surface area (Å²) < 4.78 is 13.6. The number of nitrogens with one attached hydrogen (secondary N) is 1. The van der Waals surface area contributed by atoms with E-state index >= 15 is 0 Å². The van der Waals surface area contributed by atoms with E-state index in [1.165, 1.54) is 6.07 Å². The molecule has 2 nitrogen and oxygen atoms in total. The van der Waals surface area contributed by atoms with Crippen LogP contribution in [0.5, 0.6) is 5.75 Å². The zero-order chi connectivity index (χ0) is 14.0. The van der Waals surface area contributed by atoms with Gasteiger partial charge in [-0.05, 0) is 59.6 Å². The predicted octanol–water partition coefficient (Wildman–Crippen LogP) is 4.78. The van der Waals surface area contributed by atoms with Crippen LogP contribution in [-0.4, -0.2) is 5.11 Å². The third kappa shape index (κ3) is 3.26. The Labute approximate surface area is 120 Å². The van der Waals surface area contributed by atoms with Crippen molar-refractivity contribution in [1.29, 1.82) is 0 Å². The lowest BCUT2D eigenvalue weighted by Gasteiger charge is -2.17. The van der Waals surface area contributed by atoms with Crippen LogP contribution in [0, 0.1) is 12.7 Å². The van der Waals surface area contributed by atoms with Gasteiger partial charge in [0, 0.05) is 11.3 Å². The third-order valence-corrected chi connectivity index (χ3v) is 3.56. The second kappa shape index (κ2) is 5.61. The molecule has 2 aromatic rings. The summed E-state index contributed by atoms with van der Waals surface area (Å²) >= 11 is 3.15. The molecule has 1 atom stereocenters. The Morgan fingerprint density at radius 2 is 1.95 bits per heavy atom. The van der Waals surface area contributed by atoms with Crippen LogP contribution < -0.4 is 5.32 Å². The van der Waals surface area contributed by atoms with Gasteiger partial charge in [-0.1, -0.05) is 12.1 Å². The standard InChI is InChI=1S/C15H15BrFNO/c1-9-3-5-12(15(19)7-9)10(2)18-11-4-6-14(17)13(16)8-11/h3-8,10,18-19H,1-2H3. The maximum atomic E-state index is 13.2. The molecule has 0 aliphatic carbocycles. The lowest BCUT2D eigenvalue weighted by molar-refractivity contribution is 0.465. The van der Waals surface area contributed by atoms with Crippen molar-refractivity contribution in [1.82, 2.24) is 0 Å². The Bertz CT molecular complexity index is 601. The number of phenols is 1. The van der Waals surface area contributed by atoms with Crippen molar-refractivity contribution < 1.29 is 9.50 Å². The largest absolute Gasteiger partial charge is 0.508 e. The van der Waals surface area contributed by atoms with Crippen molar-refractivity contribution >= 4 is 21.6 Å². The molecule has 0 saturated heterocycles. The quantitative estimate of drug-likeness (QED) is 0.852. The SMILES string of the molecule is Cc1ccc(C(C)Nc2ccc(F)c(Br)c2)c(O)c1. The van der Waals surface area contributed by atoms with E-state index in [9.17, 15) is 9.50 Å². The molecule has 0 saturated carbocycles. The summed E-state index contributed by atoms with van der Waals surface area (Å²) in [5, 5.41) is 13.2. The summed E-state index contributed by atoms with van der Waals surface area (Å²) in [5.41, 5.74) is 2.62. The van der Waals surface area contributed by atoms with E-state index in [2.05, 4.69) is 21.2 Å². The molecule has 19 heavy (non-hydrogen) atoms. The van der Waals surface area contributed by atoms with E-state index in [0.29, 0.717) is 4.47 Å². The number of benzene rings is 2. The highest BCUT2D eigenvalue weighted by molar-refractivity contribution is 9.10. The summed E-state index contributed by atoms with van der Waals surface area (Å²) in [6, 6.07) is 10.2. The van der Waals surface area contributed by atoms with Gasteiger partial charge in [0.2, 0.25) is 0 Å². The monoisotopic (exact) mass is 323 g/mol. The minimum atomic E-state index is -0.295. The minimum Gasteiger partial charge on any atom is -0.508 e. The highest BCUT2D eigenvalue weighted by atomic mass is 79.9. The van der Waals surface area contributed by atoms with Crippen molar-refractivity contribution in [2.75, 3.05) is 5.32 Å². The zero-order valence-corrected chi connectivity index (χ0v) is 12.3. The fourth-order valence-corrected chi connectivity index (χ4v) is 2.31. The number of aryl methyl sites for hydroxylation is 1. The molecule has 2 aromatic carbocycles. The molecule has 0 aliphatic heterocycles. The van der Waals surface area contributed by atoms with Crippen molar-refractivity contribution in [3.63, 3.8) is 0 Å². The molecule has 0 fully saturated rings. The maximum absolute atomic E-state index is 13.2. The molecule has 0 aromatic heterocycles. The number of phenolic OH excluding ortho intramolecular Hbond substituents is 1. The highest BCUT2D eigenvalue weighted by Gasteiger charge is 2.11. The fourth-order valence-electron chi connectivity index (χ4n) is 1.93. The van der Waals surface area contributed by atoms with Crippen LogP contribution in [0.25, 0.3) is 0 Å². The first kappa shape index (κ1) is 13.9. The predicted molar refractivity (Wildman–Crippen MR) is 79.0 cm³/mol. The Hall–Kier alpha value is -1.55. The maximum Gasteiger partial charge on any atom is 0.137 e. The average Bonchev–Trinajstić information content (AvgIpc) is 2.33. The normalized spacial score (nSPS) is 12.2. The molecule has 0 spiro atoms. The van der Waals surface area contributed by atoms with Gasteiger partial charge in [-0.25, -0.2) is 4.39 Å². The van der Waals surface area contributed by atoms with Gasteiger partial charge in [0.05, 0.1) is 10.5 Å². The van der Waals surface area contributed by atoms with Gasteiger partial charge in [-0.15, -0.1) is 0 Å². The number of anilines is 1. The van der Waals surface area contributed by atoms with Crippen molar-refractivity contribution in [2.24, 2.45) is 0 Å². The summed E-state index contributed by atoms with van der Waals surface area (Å²) in [7, 11) is 0. The van der Waals surface area contributed by atoms with E-state index < -0.39 is 0 Å². The molecule has 100 valence electrons. The topological polar surface area (TPSA) is 32.3 Å². The smallest absolute Gasteiger partial charge is 0.137 e. The van der Waals surface area contributed by atoms with E-state index in [1.807, 2.05) is 26.0 Å². The summed E-state index contributed by atoms with van der Waals surface area (Å²) in [6.45, 7) is 3.88. The van der Waals surface area contributed by atoms with Crippen LogP contribution in [0.2, 0.25) is 0 Å². The highest BCUT2D eigenvalue weighted by Crippen LogP contribution is 2.29. The van der Waals surface area contributed by atoms with Gasteiger partial charge in [0.15, 0.2) is 0 Å². The first-order valence-electron chi connectivity index (χ1n) is 5.98. The van der Waals surface area contributed by atoms with Gasteiger partial charge >= 0.3 is 0 Å². The Morgan fingerprint density at radius 3 is 2.58 bits per heavy atom. The van der Waals surface area contributed by atoms with E-state index in [4.69, 9.17) is 0 Å². The zero-order valence-electron chi connectivity index (χ0n) is 10.7. The number of hydrogen-bond donors (Lipinski definition) is 2. The molecule has 2 rings (SSSR count). The number of halogens is 2. The lowest BCUT2D eigenvalue weighted by atomic mass is 10.0. The Balaban J connectivity index is 2.20. The molecule has 4 heteroatoms. The van der Waals surface area contributed by atoms with Crippen LogP contribution in [-0.2, 0) is 0 Å². The molecule has 1 unspecified atom stereocenters. The Kier molecular flexibility index (Phi) is 4.10. The summed E-state index contributed by atoms with van der Waals surface area (Å²) in [5.74, 6) is -0.0300. The third-order valence-electron chi connectivity index (χ3n) is 2.96. The number of hydrogen-bond acceptors (Lipinski definition) is 2. The lowest BCUT2D eigenvalue weighted by Crippen LogP contribution is -2.07. The number of rotatable bonds is 3. The molecule has 2 N–H and O–H groups in total. The van der Waals surface area contributed by atoms with Crippen LogP contribution in [0.4, 0.5) is 10.1 Å². The van der Waals surface area contributed by atoms with Crippen molar-refractivity contribution in [3.8, 4) is 5.75 Å². The van der Waals surface area contributed by atoms with Gasteiger partial charge < -0.3 is 10.4 Å². The second-order valence-corrected chi connectivity index (χ2v) is 5.41. The fraction of sp³-hybridized carbons (Fsp3) is 0.200. The molecule has 0 amide bonds. The van der Waals surface area contributed by atoms with Crippen LogP contribution in [0.15, 0.2) is 40.9 Å². The molecule has 0 bridgehead atoms. The average molecular weight is 324 g/mol. The van der Waals surface area contributed by atoms with Gasteiger partial charge in [-0.3, -0.25) is 0 Å². The molecule has 0 radical (unpaired) electrons. The van der Waals surface area contributed by atoms with Crippen molar-refractivity contribution in [2.45, 2.75) is 19.9 Å². The molecular formula is C15H15BrFNO. The van der Waals surface area contributed by atoms with Gasteiger partial charge in [0.25, 0.3) is 0 Å². The second-order valence-electron chi connectivity index (χ2n) is 4.56. The Morgan fingerprint density at radius 1 is 1.21 bits per heavy atom.